The van der Waals surface area contributed by atoms with Crippen molar-refractivity contribution in [3.05, 3.63) is 46.8 Å². The normalized spacial score (nSPS) is 10.2. The molecule has 0 saturated carbocycles. The van der Waals surface area contributed by atoms with Crippen molar-refractivity contribution in [3.63, 3.8) is 0 Å². The number of nitrogens with zero attached hydrogens (tertiary/aromatic N) is 1. The first kappa shape index (κ1) is 15.7. The molecule has 1 aromatic carbocycles. The largest absolute Gasteiger partial charge is 0.447 e. The van der Waals surface area contributed by atoms with Crippen LogP contribution in [-0.4, -0.2) is 36.1 Å². The van der Waals surface area contributed by atoms with Crippen LogP contribution in [0.1, 0.15) is 6.92 Å². The molecule has 0 saturated heterocycles. The second kappa shape index (κ2) is 7.94. The van der Waals surface area contributed by atoms with Gasteiger partial charge in [0.15, 0.2) is 0 Å². The Kier molecular flexibility index (Phi) is 5.67. The second-order valence-electron chi connectivity index (χ2n) is 4.34. The molecule has 7 nitrogen and oxygen atoms in total. The topological polar surface area (TPSA) is 93.3 Å². The third kappa shape index (κ3) is 4.71. The summed E-state index contributed by atoms with van der Waals surface area (Å²) < 4.78 is 10.0. The zero-order chi connectivity index (χ0) is 15.8. The van der Waals surface area contributed by atoms with E-state index in [-0.39, 0.29) is 12.2 Å². The predicted octanol–water partition coefficient (Wildman–Crippen LogP) is 2.02. The van der Waals surface area contributed by atoms with Crippen LogP contribution in [0.2, 0.25) is 0 Å². The number of amides is 1. The van der Waals surface area contributed by atoms with Crippen LogP contribution >= 0.6 is 0 Å². The molecule has 0 aliphatic rings. The van der Waals surface area contributed by atoms with E-state index in [2.05, 4.69) is 15.5 Å². The molecule has 0 fully saturated rings. The Bertz CT molecular complexity index is 647. The van der Waals surface area contributed by atoms with E-state index in [0.29, 0.717) is 24.6 Å². The smallest absolute Gasteiger partial charge is 0.411 e. The molecule has 0 aliphatic carbocycles. The van der Waals surface area contributed by atoms with E-state index in [1.165, 1.54) is 6.07 Å². The molecule has 1 heterocycles. The lowest BCUT2D eigenvalue weighted by molar-refractivity contribution is 0.0850. The van der Waals surface area contributed by atoms with Gasteiger partial charge in [-0.1, -0.05) is 12.1 Å². The van der Waals surface area contributed by atoms with Gasteiger partial charge in [-0.2, -0.15) is 5.10 Å². The Hall–Kier alpha value is -2.67. The lowest BCUT2D eigenvalue weighted by Crippen LogP contribution is -2.16. The highest BCUT2D eigenvalue weighted by atomic mass is 16.6. The summed E-state index contributed by atoms with van der Waals surface area (Å²) in [7, 11) is 0. The number of nitrogens with one attached hydrogen (secondary N) is 2. The number of carbonyl (C=O) groups is 1. The predicted molar refractivity (Wildman–Crippen MR) is 81.8 cm³/mol. The number of rotatable bonds is 6. The molecule has 0 aliphatic heterocycles. The third-order valence-electron chi connectivity index (χ3n) is 2.77. The third-order valence-corrected chi connectivity index (χ3v) is 2.77. The summed E-state index contributed by atoms with van der Waals surface area (Å²) in [6.07, 6.45) is -0.533. The molecule has 116 valence electrons. The summed E-state index contributed by atoms with van der Waals surface area (Å²) in [5.74, 6) is 0. The van der Waals surface area contributed by atoms with Gasteiger partial charge in [0.05, 0.1) is 12.3 Å². The van der Waals surface area contributed by atoms with Crippen LogP contribution < -0.4 is 10.9 Å². The average Bonchev–Trinajstić information content (AvgIpc) is 2.53. The first-order chi connectivity index (χ1) is 10.7. The van der Waals surface area contributed by atoms with Crippen LogP contribution in [-0.2, 0) is 9.47 Å². The monoisotopic (exact) mass is 303 g/mol. The fourth-order valence-electron chi connectivity index (χ4n) is 1.72. The zero-order valence-corrected chi connectivity index (χ0v) is 12.2. The molecule has 2 N–H and O–H groups in total. The molecule has 0 radical (unpaired) electrons. The molecule has 1 aromatic heterocycles. The van der Waals surface area contributed by atoms with Gasteiger partial charge in [-0.15, -0.1) is 0 Å². The maximum absolute atomic E-state index is 11.5. The van der Waals surface area contributed by atoms with Crippen molar-refractivity contribution in [2.75, 3.05) is 25.1 Å². The van der Waals surface area contributed by atoms with Gasteiger partial charge in [0.2, 0.25) is 0 Å². The number of anilines is 1. The molecule has 22 heavy (non-hydrogen) atoms. The molecule has 2 rings (SSSR count). The number of H-pyrrole nitrogens is 1. The van der Waals surface area contributed by atoms with Crippen molar-refractivity contribution < 1.29 is 14.3 Å². The van der Waals surface area contributed by atoms with Crippen molar-refractivity contribution in [2.45, 2.75) is 6.92 Å². The maximum Gasteiger partial charge on any atom is 0.411 e. The lowest BCUT2D eigenvalue weighted by Gasteiger charge is -2.07. The van der Waals surface area contributed by atoms with Crippen LogP contribution in [0.4, 0.5) is 10.5 Å². The molecule has 0 atom stereocenters. The van der Waals surface area contributed by atoms with Gasteiger partial charge >= 0.3 is 6.09 Å². The second-order valence-corrected chi connectivity index (χ2v) is 4.34. The summed E-state index contributed by atoms with van der Waals surface area (Å²) in [4.78, 5) is 22.5. The number of benzene rings is 1. The number of aromatic nitrogens is 2. The van der Waals surface area contributed by atoms with Gasteiger partial charge < -0.3 is 9.47 Å². The van der Waals surface area contributed by atoms with Gasteiger partial charge in [0.25, 0.3) is 5.56 Å². The summed E-state index contributed by atoms with van der Waals surface area (Å²) in [6.45, 7) is 3.05. The molecule has 7 heteroatoms. The van der Waals surface area contributed by atoms with E-state index in [0.717, 1.165) is 5.56 Å². The van der Waals surface area contributed by atoms with Crippen molar-refractivity contribution in [3.8, 4) is 11.3 Å². The maximum atomic E-state index is 11.5. The molecule has 0 bridgehead atoms. The summed E-state index contributed by atoms with van der Waals surface area (Å²) >= 11 is 0. The molecular weight excluding hydrogens is 286 g/mol. The molecule has 1 amide bonds. The Morgan fingerprint density at radius 2 is 1.95 bits per heavy atom. The van der Waals surface area contributed by atoms with E-state index in [1.807, 2.05) is 6.92 Å². The zero-order valence-electron chi connectivity index (χ0n) is 12.2. The Balaban J connectivity index is 1.90. The van der Waals surface area contributed by atoms with Crippen molar-refractivity contribution in [1.29, 1.82) is 0 Å². The van der Waals surface area contributed by atoms with Gasteiger partial charge in [0.1, 0.15) is 6.61 Å². The minimum atomic E-state index is -0.533. The number of hydrogen-bond donors (Lipinski definition) is 2. The van der Waals surface area contributed by atoms with Crippen molar-refractivity contribution in [1.82, 2.24) is 10.2 Å². The average molecular weight is 303 g/mol. The Morgan fingerprint density at radius 3 is 2.59 bits per heavy atom. The van der Waals surface area contributed by atoms with Crippen LogP contribution in [0.25, 0.3) is 11.3 Å². The number of carbonyl (C=O) groups excluding carboxylic acids is 1. The molecule has 0 unspecified atom stereocenters. The summed E-state index contributed by atoms with van der Waals surface area (Å²) in [6, 6.07) is 10.1. The molecule has 2 aromatic rings. The van der Waals surface area contributed by atoms with Crippen LogP contribution in [0, 0.1) is 0 Å². The quantitative estimate of drug-likeness (QED) is 0.796. The van der Waals surface area contributed by atoms with Crippen molar-refractivity contribution in [2.24, 2.45) is 0 Å². The molecular formula is C15H17N3O4. The van der Waals surface area contributed by atoms with E-state index in [1.54, 1.807) is 30.3 Å². The van der Waals surface area contributed by atoms with E-state index in [9.17, 15) is 9.59 Å². The lowest BCUT2D eigenvalue weighted by atomic mass is 10.1. The number of hydrogen-bond acceptors (Lipinski definition) is 5. The van der Waals surface area contributed by atoms with E-state index in [4.69, 9.17) is 9.47 Å². The van der Waals surface area contributed by atoms with Crippen LogP contribution in [0.3, 0.4) is 0 Å². The minimum absolute atomic E-state index is 0.207. The van der Waals surface area contributed by atoms with Gasteiger partial charge in [-0.3, -0.25) is 10.1 Å². The van der Waals surface area contributed by atoms with Gasteiger partial charge in [0, 0.05) is 23.9 Å². The standard InChI is InChI=1S/C15H17N3O4/c1-2-21-9-10-22-15(20)16-12-5-3-11(4-6-12)13-7-8-14(19)18-17-13/h3-8H,2,9-10H2,1H3,(H,16,20)(H,18,19). The fourth-order valence-corrected chi connectivity index (χ4v) is 1.72. The van der Waals surface area contributed by atoms with Gasteiger partial charge in [-0.05, 0) is 25.1 Å². The SMILES string of the molecule is CCOCCOC(=O)Nc1ccc(-c2ccc(=O)[nH]n2)cc1. The first-order valence-corrected chi connectivity index (χ1v) is 6.86. The summed E-state index contributed by atoms with van der Waals surface area (Å²) in [5.41, 5.74) is 1.82. The number of ether oxygens (including phenoxy) is 2. The van der Waals surface area contributed by atoms with Gasteiger partial charge in [-0.25, -0.2) is 9.89 Å². The van der Waals surface area contributed by atoms with E-state index >= 15 is 0 Å². The first-order valence-electron chi connectivity index (χ1n) is 6.86. The highest BCUT2D eigenvalue weighted by Gasteiger charge is 2.04. The minimum Gasteiger partial charge on any atom is -0.447 e. The molecule has 0 spiro atoms. The van der Waals surface area contributed by atoms with Crippen LogP contribution in [0.5, 0.6) is 0 Å². The Labute approximate surface area is 127 Å². The fraction of sp³-hybridized carbons (Fsp3) is 0.267. The van der Waals surface area contributed by atoms with Crippen LogP contribution in [0.15, 0.2) is 41.2 Å². The summed E-state index contributed by atoms with van der Waals surface area (Å²) in [5, 5.41) is 8.92. The number of aromatic amines is 1. The van der Waals surface area contributed by atoms with E-state index < -0.39 is 6.09 Å². The van der Waals surface area contributed by atoms with Crippen molar-refractivity contribution >= 4 is 11.8 Å². The highest BCUT2D eigenvalue weighted by molar-refractivity contribution is 5.85. The Morgan fingerprint density at radius 1 is 1.18 bits per heavy atom. The highest BCUT2D eigenvalue weighted by Crippen LogP contribution is 2.18.